The van der Waals surface area contributed by atoms with Gasteiger partial charge in [-0.25, -0.2) is 4.98 Å². The van der Waals surface area contributed by atoms with Gasteiger partial charge in [-0.3, -0.25) is 0 Å². The van der Waals surface area contributed by atoms with Gasteiger partial charge in [0, 0.05) is 12.2 Å². The number of nitrogens with zero attached hydrogens (tertiary/aromatic N) is 1. The van der Waals surface area contributed by atoms with Crippen LogP contribution in [-0.4, -0.2) is 29.7 Å². The molecule has 1 aliphatic rings. The molecule has 1 saturated heterocycles. The van der Waals surface area contributed by atoms with Crippen LogP contribution in [0.25, 0.3) is 0 Å². The SMILES string of the molecule is CC(C)c1[nH]c(C2COCCN2)nc1C(F)(F)F. The van der Waals surface area contributed by atoms with Crippen molar-refractivity contribution in [2.45, 2.75) is 32.0 Å². The van der Waals surface area contributed by atoms with Gasteiger partial charge in [0.1, 0.15) is 5.82 Å². The van der Waals surface area contributed by atoms with E-state index in [4.69, 9.17) is 4.74 Å². The molecule has 2 rings (SSSR count). The molecule has 2 N–H and O–H groups in total. The molecule has 1 unspecified atom stereocenters. The number of hydrogen-bond donors (Lipinski definition) is 2. The number of ether oxygens (including phenoxy) is 1. The van der Waals surface area contributed by atoms with E-state index in [0.29, 0.717) is 25.6 Å². The van der Waals surface area contributed by atoms with E-state index in [1.807, 2.05) is 0 Å². The number of nitrogens with one attached hydrogen (secondary N) is 2. The van der Waals surface area contributed by atoms with Gasteiger partial charge in [-0.1, -0.05) is 13.8 Å². The molecule has 2 heterocycles. The predicted molar refractivity (Wildman–Crippen MR) is 59.2 cm³/mol. The Labute approximate surface area is 103 Å². The van der Waals surface area contributed by atoms with Gasteiger partial charge >= 0.3 is 6.18 Å². The summed E-state index contributed by atoms with van der Waals surface area (Å²) in [5, 5.41) is 3.08. The van der Waals surface area contributed by atoms with Crippen LogP contribution in [0.5, 0.6) is 0 Å². The van der Waals surface area contributed by atoms with Gasteiger partial charge in [-0.2, -0.15) is 13.2 Å². The van der Waals surface area contributed by atoms with Gasteiger partial charge < -0.3 is 15.0 Å². The van der Waals surface area contributed by atoms with Gasteiger partial charge in [0.2, 0.25) is 0 Å². The standard InChI is InChI=1S/C11H16F3N3O/c1-6(2)8-9(11(12,13)14)17-10(16-8)7-5-18-4-3-15-7/h6-7,15H,3-5H2,1-2H3,(H,16,17). The molecule has 0 amide bonds. The minimum atomic E-state index is -4.43. The van der Waals surface area contributed by atoms with Crippen molar-refractivity contribution in [3.63, 3.8) is 0 Å². The van der Waals surface area contributed by atoms with E-state index in [1.54, 1.807) is 13.8 Å². The zero-order chi connectivity index (χ0) is 13.3. The van der Waals surface area contributed by atoms with Crippen molar-refractivity contribution in [3.05, 3.63) is 17.2 Å². The fourth-order valence-electron chi connectivity index (χ4n) is 1.95. The summed E-state index contributed by atoms with van der Waals surface area (Å²) in [6, 6.07) is -0.299. The van der Waals surface area contributed by atoms with Crippen molar-refractivity contribution < 1.29 is 17.9 Å². The first-order valence-electron chi connectivity index (χ1n) is 5.87. The van der Waals surface area contributed by atoms with E-state index in [9.17, 15) is 13.2 Å². The molecular formula is C11H16F3N3O. The van der Waals surface area contributed by atoms with Crippen LogP contribution in [0.1, 0.15) is 43.0 Å². The molecule has 0 saturated carbocycles. The summed E-state index contributed by atoms with van der Waals surface area (Å²) in [6.45, 7) is 4.93. The Balaban J connectivity index is 2.32. The van der Waals surface area contributed by atoms with Crippen molar-refractivity contribution in [2.24, 2.45) is 0 Å². The van der Waals surface area contributed by atoms with Crippen molar-refractivity contribution in [3.8, 4) is 0 Å². The maximum Gasteiger partial charge on any atom is 0.435 e. The molecule has 0 bridgehead atoms. The Morgan fingerprint density at radius 1 is 1.39 bits per heavy atom. The maximum absolute atomic E-state index is 12.9. The first kappa shape index (κ1) is 13.4. The second kappa shape index (κ2) is 4.89. The lowest BCUT2D eigenvalue weighted by Gasteiger charge is -2.21. The second-order valence-electron chi connectivity index (χ2n) is 4.62. The van der Waals surface area contributed by atoms with Crippen LogP contribution in [0.4, 0.5) is 13.2 Å². The quantitative estimate of drug-likeness (QED) is 0.860. The number of aromatic amines is 1. The molecule has 1 aromatic rings. The van der Waals surface area contributed by atoms with Crippen LogP contribution in [0.2, 0.25) is 0 Å². The third-order valence-corrected chi connectivity index (χ3v) is 2.85. The molecule has 4 nitrogen and oxygen atoms in total. The highest BCUT2D eigenvalue weighted by molar-refractivity contribution is 5.22. The van der Waals surface area contributed by atoms with E-state index < -0.39 is 11.9 Å². The minimum Gasteiger partial charge on any atom is -0.378 e. The second-order valence-corrected chi connectivity index (χ2v) is 4.62. The maximum atomic E-state index is 12.9. The predicted octanol–water partition coefficient (Wildman–Crippen LogP) is 2.21. The van der Waals surface area contributed by atoms with Gasteiger partial charge in [-0.05, 0) is 5.92 Å². The molecular weight excluding hydrogens is 247 g/mol. The van der Waals surface area contributed by atoms with Gasteiger partial charge in [0.15, 0.2) is 5.69 Å². The molecule has 0 spiro atoms. The largest absolute Gasteiger partial charge is 0.435 e. The first-order valence-corrected chi connectivity index (χ1v) is 5.87. The molecule has 1 atom stereocenters. The molecule has 1 aromatic heterocycles. The average molecular weight is 263 g/mol. The van der Waals surface area contributed by atoms with Crippen LogP contribution >= 0.6 is 0 Å². The highest BCUT2D eigenvalue weighted by Crippen LogP contribution is 2.34. The third-order valence-electron chi connectivity index (χ3n) is 2.85. The summed E-state index contributed by atoms with van der Waals surface area (Å²) in [4.78, 5) is 6.49. The lowest BCUT2D eigenvalue weighted by molar-refractivity contribution is -0.141. The number of halogens is 3. The van der Waals surface area contributed by atoms with Crippen molar-refractivity contribution in [2.75, 3.05) is 19.8 Å². The van der Waals surface area contributed by atoms with Crippen molar-refractivity contribution in [1.29, 1.82) is 0 Å². The molecule has 0 aromatic carbocycles. The lowest BCUT2D eigenvalue weighted by Crippen LogP contribution is -2.35. The topological polar surface area (TPSA) is 49.9 Å². The number of morpholine rings is 1. The normalized spacial score (nSPS) is 21.6. The summed E-state index contributed by atoms with van der Waals surface area (Å²) < 4.78 is 43.8. The first-order chi connectivity index (χ1) is 8.39. The summed E-state index contributed by atoms with van der Waals surface area (Å²) in [5.41, 5.74) is -0.690. The smallest absolute Gasteiger partial charge is 0.378 e. The summed E-state index contributed by atoms with van der Waals surface area (Å²) >= 11 is 0. The molecule has 7 heteroatoms. The van der Waals surface area contributed by atoms with Crippen LogP contribution in [-0.2, 0) is 10.9 Å². The minimum absolute atomic E-state index is 0.130. The Kier molecular flexibility index (Phi) is 3.63. The lowest BCUT2D eigenvalue weighted by atomic mass is 10.1. The Morgan fingerprint density at radius 2 is 2.11 bits per heavy atom. The molecule has 1 aliphatic heterocycles. The van der Waals surface area contributed by atoms with Crippen molar-refractivity contribution in [1.82, 2.24) is 15.3 Å². The van der Waals surface area contributed by atoms with Crippen molar-refractivity contribution >= 4 is 0 Å². The number of alkyl halides is 3. The van der Waals surface area contributed by atoms with E-state index in [1.165, 1.54) is 0 Å². The molecule has 18 heavy (non-hydrogen) atoms. The third kappa shape index (κ3) is 2.67. The van der Waals surface area contributed by atoms with Gasteiger partial charge in [-0.15, -0.1) is 0 Å². The molecule has 1 fully saturated rings. The molecule has 0 aliphatic carbocycles. The summed E-state index contributed by atoms with van der Waals surface area (Å²) in [7, 11) is 0. The van der Waals surface area contributed by atoms with E-state index >= 15 is 0 Å². The fourth-order valence-corrected chi connectivity index (χ4v) is 1.95. The molecule has 102 valence electrons. The summed E-state index contributed by atoms with van der Waals surface area (Å²) in [5.74, 6) is 0.0399. The van der Waals surface area contributed by atoms with Crippen LogP contribution in [0.3, 0.4) is 0 Å². The van der Waals surface area contributed by atoms with E-state index in [0.717, 1.165) is 0 Å². The number of hydrogen-bond acceptors (Lipinski definition) is 3. The zero-order valence-electron chi connectivity index (χ0n) is 10.3. The monoisotopic (exact) mass is 263 g/mol. The Morgan fingerprint density at radius 3 is 2.56 bits per heavy atom. The van der Waals surface area contributed by atoms with Crippen LogP contribution in [0, 0.1) is 0 Å². The number of aromatic nitrogens is 2. The average Bonchev–Trinajstić information content (AvgIpc) is 2.74. The number of rotatable bonds is 2. The van der Waals surface area contributed by atoms with E-state index in [2.05, 4.69) is 15.3 Å². The summed E-state index contributed by atoms with van der Waals surface area (Å²) in [6.07, 6.45) is -4.43. The number of H-pyrrole nitrogens is 1. The number of imidazole rings is 1. The highest BCUT2D eigenvalue weighted by Gasteiger charge is 2.38. The highest BCUT2D eigenvalue weighted by atomic mass is 19.4. The van der Waals surface area contributed by atoms with Crippen LogP contribution < -0.4 is 5.32 Å². The fraction of sp³-hybridized carbons (Fsp3) is 0.727. The molecule has 0 radical (unpaired) electrons. The van der Waals surface area contributed by atoms with Gasteiger partial charge in [0.25, 0.3) is 0 Å². The van der Waals surface area contributed by atoms with E-state index in [-0.39, 0.29) is 17.7 Å². The van der Waals surface area contributed by atoms with Crippen LogP contribution in [0.15, 0.2) is 0 Å². The Hall–Kier alpha value is -1.08. The Bertz CT molecular complexity index is 408. The van der Waals surface area contributed by atoms with Gasteiger partial charge in [0.05, 0.1) is 19.3 Å². The zero-order valence-corrected chi connectivity index (χ0v) is 10.3.